The maximum absolute atomic E-state index is 10.3. The summed E-state index contributed by atoms with van der Waals surface area (Å²) in [5.41, 5.74) is 0. The summed E-state index contributed by atoms with van der Waals surface area (Å²) >= 11 is 0. The molecule has 0 saturated carbocycles. The second-order valence-corrected chi connectivity index (χ2v) is 2.23. The molecule has 0 aromatic rings. The summed E-state index contributed by atoms with van der Waals surface area (Å²) in [6, 6.07) is 1.99. The number of hydrogen-bond donors (Lipinski definition) is 0. The minimum Gasteiger partial charge on any atom is -0.461 e. The average Bonchev–Trinajstić information content (AvgIpc) is 1.85. The molecule has 3 nitrogen and oxygen atoms in total. The fraction of sp³-hybridized carbons (Fsp3) is 0.714. The fourth-order valence-corrected chi connectivity index (χ4v) is 0.469. The normalized spacial score (nSPS) is 15.0. The molecule has 0 rings (SSSR count). The molecule has 0 spiro atoms. The van der Waals surface area contributed by atoms with E-state index in [2.05, 4.69) is 0 Å². The number of nitriles is 1. The maximum atomic E-state index is 10.3. The van der Waals surface area contributed by atoms with Gasteiger partial charge < -0.3 is 4.74 Å². The molecule has 0 unspecified atom stereocenters. The summed E-state index contributed by atoms with van der Waals surface area (Å²) in [5.74, 6) is -0.571. The second-order valence-electron chi connectivity index (χ2n) is 2.23. The van der Waals surface area contributed by atoms with Crippen molar-refractivity contribution in [3.05, 3.63) is 0 Å². The van der Waals surface area contributed by atoms with Gasteiger partial charge in [0.25, 0.3) is 0 Å². The third-order valence-corrected chi connectivity index (χ3v) is 1.26. The lowest BCUT2D eigenvalue weighted by Crippen LogP contribution is -2.19. The van der Waals surface area contributed by atoms with Gasteiger partial charge in [-0.25, -0.2) is 0 Å². The molecule has 0 aliphatic heterocycles. The standard InChI is InChI=1S/C7H11NO2/c1-5(4-8)6(2)10-7(3)9/h5-6H,1-3H3/t5-,6+/m0/s1. The van der Waals surface area contributed by atoms with Gasteiger partial charge in [-0.2, -0.15) is 5.26 Å². The van der Waals surface area contributed by atoms with E-state index in [0.717, 1.165) is 0 Å². The van der Waals surface area contributed by atoms with E-state index in [1.54, 1.807) is 13.8 Å². The average molecular weight is 141 g/mol. The summed E-state index contributed by atoms with van der Waals surface area (Å²) in [6.07, 6.45) is -0.303. The van der Waals surface area contributed by atoms with Crippen LogP contribution in [0, 0.1) is 17.2 Å². The molecular formula is C7H11NO2. The van der Waals surface area contributed by atoms with Crippen molar-refractivity contribution in [2.45, 2.75) is 26.9 Å². The molecule has 0 aliphatic carbocycles. The quantitative estimate of drug-likeness (QED) is 0.541. The van der Waals surface area contributed by atoms with Crippen LogP contribution in [-0.2, 0) is 9.53 Å². The van der Waals surface area contributed by atoms with Gasteiger partial charge in [-0.3, -0.25) is 4.79 Å². The van der Waals surface area contributed by atoms with Crippen LogP contribution in [0.25, 0.3) is 0 Å². The van der Waals surface area contributed by atoms with Crippen LogP contribution < -0.4 is 0 Å². The number of carbonyl (C=O) groups is 1. The van der Waals surface area contributed by atoms with Gasteiger partial charge in [0, 0.05) is 6.92 Å². The Labute approximate surface area is 60.6 Å². The van der Waals surface area contributed by atoms with E-state index >= 15 is 0 Å². The van der Waals surface area contributed by atoms with E-state index in [4.69, 9.17) is 10.00 Å². The Morgan fingerprint density at radius 2 is 2.10 bits per heavy atom. The Bertz CT molecular complexity index is 159. The van der Waals surface area contributed by atoms with E-state index < -0.39 is 0 Å². The van der Waals surface area contributed by atoms with E-state index in [1.807, 2.05) is 6.07 Å². The number of ether oxygens (including phenoxy) is 1. The third-order valence-electron chi connectivity index (χ3n) is 1.26. The Morgan fingerprint density at radius 1 is 1.60 bits per heavy atom. The van der Waals surface area contributed by atoms with Gasteiger partial charge in [-0.1, -0.05) is 0 Å². The van der Waals surface area contributed by atoms with E-state index in [-0.39, 0.29) is 18.0 Å². The van der Waals surface area contributed by atoms with Crippen LogP contribution >= 0.6 is 0 Å². The SMILES string of the molecule is CC(=O)O[C@H](C)[C@@H](C)C#N. The van der Waals surface area contributed by atoms with E-state index in [9.17, 15) is 4.79 Å². The van der Waals surface area contributed by atoms with Crippen LogP contribution in [0.1, 0.15) is 20.8 Å². The van der Waals surface area contributed by atoms with Crippen LogP contribution in [0.15, 0.2) is 0 Å². The third kappa shape index (κ3) is 3.08. The highest BCUT2D eigenvalue weighted by atomic mass is 16.5. The zero-order valence-corrected chi connectivity index (χ0v) is 6.42. The number of carbonyl (C=O) groups excluding carboxylic acids is 1. The largest absolute Gasteiger partial charge is 0.461 e. The molecule has 0 amide bonds. The van der Waals surface area contributed by atoms with Gasteiger partial charge in [-0.05, 0) is 13.8 Å². The van der Waals surface area contributed by atoms with Gasteiger partial charge in [-0.15, -0.1) is 0 Å². The lowest BCUT2D eigenvalue weighted by Gasteiger charge is -2.12. The van der Waals surface area contributed by atoms with Crippen LogP contribution in [-0.4, -0.2) is 12.1 Å². The lowest BCUT2D eigenvalue weighted by atomic mass is 10.1. The molecule has 10 heavy (non-hydrogen) atoms. The highest BCUT2D eigenvalue weighted by molar-refractivity contribution is 5.66. The molecule has 0 fully saturated rings. The van der Waals surface area contributed by atoms with Gasteiger partial charge in [0.1, 0.15) is 6.10 Å². The van der Waals surface area contributed by atoms with Crippen molar-refractivity contribution in [3.8, 4) is 6.07 Å². The molecular weight excluding hydrogens is 130 g/mol. The topological polar surface area (TPSA) is 50.1 Å². The predicted molar refractivity (Wildman–Crippen MR) is 36.0 cm³/mol. The Balaban J connectivity index is 3.75. The lowest BCUT2D eigenvalue weighted by molar-refractivity contribution is -0.146. The Kier molecular flexibility index (Phi) is 3.48. The van der Waals surface area contributed by atoms with Crippen LogP contribution in [0.4, 0.5) is 0 Å². The minimum atomic E-state index is -0.338. The molecule has 0 aromatic carbocycles. The summed E-state index contributed by atoms with van der Waals surface area (Å²) in [7, 11) is 0. The first-order valence-electron chi connectivity index (χ1n) is 3.14. The summed E-state index contributed by atoms with van der Waals surface area (Å²) in [4.78, 5) is 10.3. The van der Waals surface area contributed by atoms with Crippen LogP contribution in [0.5, 0.6) is 0 Å². The number of nitrogens with zero attached hydrogens (tertiary/aromatic N) is 1. The van der Waals surface area contributed by atoms with Gasteiger partial charge in [0.05, 0.1) is 12.0 Å². The first-order valence-corrected chi connectivity index (χ1v) is 3.14. The molecule has 0 saturated heterocycles. The monoisotopic (exact) mass is 141 g/mol. The molecule has 2 atom stereocenters. The van der Waals surface area contributed by atoms with Crippen molar-refractivity contribution >= 4 is 5.97 Å². The first kappa shape index (κ1) is 8.96. The molecule has 0 aliphatic rings. The molecule has 0 aromatic heterocycles. The fourth-order valence-electron chi connectivity index (χ4n) is 0.469. The summed E-state index contributed by atoms with van der Waals surface area (Å²) in [6.45, 7) is 4.75. The number of rotatable bonds is 2. The zero-order valence-electron chi connectivity index (χ0n) is 6.42. The molecule has 56 valence electrons. The molecule has 0 bridgehead atoms. The molecule has 3 heteroatoms. The van der Waals surface area contributed by atoms with Crippen molar-refractivity contribution in [3.63, 3.8) is 0 Å². The van der Waals surface area contributed by atoms with Crippen molar-refractivity contribution in [2.24, 2.45) is 5.92 Å². The molecule has 0 radical (unpaired) electrons. The van der Waals surface area contributed by atoms with Crippen molar-refractivity contribution in [1.29, 1.82) is 5.26 Å². The highest BCUT2D eigenvalue weighted by Gasteiger charge is 2.12. The number of esters is 1. The Hall–Kier alpha value is -1.04. The first-order chi connectivity index (χ1) is 4.57. The summed E-state index contributed by atoms with van der Waals surface area (Å²) < 4.78 is 4.74. The molecule has 0 heterocycles. The van der Waals surface area contributed by atoms with Crippen LogP contribution in [0.2, 0.25) is 0 Å². The van der Waals surface area contributed by atoms with Gasteiger partial charge >= 0.3 is 5.97 Å². The number of hydrogen-bond acceptors (Lipinski definition) is 3. The summed E-state index contributed by atoms with van der Waals surface area (Å²) in [5, 5.41) is 8.38. The predicted octanol–water partition coefficient (Wildman–Crippen LogP) is 1.10. The van der Waals surface area contributed by atoms with Crippen molar-refractivity contribution in [2.75, 3.05) is 0 Å². The minimum absolute atomic E-state index is 0.233. The van der Waals surface area contributed by atoms with Crippen molar-refractivity contribution in [1.82, 2.24) is 0 Å². The smallest absolute Gasteiger partial charge is 0.302 e. The highest BCUT2D eigenvalue weighted by Crippen LogP contribution is 2.04. The van der Waals surface area contributed by atoms with Crippen LogP contribution in [0.3, 0.4) is 0 Å². The van der Waals surface area contributed by atoms with Gasteiger partial charge in [0.15, 0.2) is 0 Å². The second kappa shape index (κ2) is 3.89. The Morgan fingerprint density at radius 3 is 2.40 bits per heavy atom. The maximum Gasteiger partial charge on any atom is 0.302 e. The van der Waals surface area contributed by atoms with Gasteiger partial charge in [0.2, 0.25) is 0 Å². The van der Waals surface area contributed by atoms with E-state index in [0.29, 0.717) is 0 Å². The molecule has 0 N–H and O–H groups in total. The van der Waals surface area contributed by atoms with E-state index in [1.165, 1.54) is 6.92 Å². The zero-order chi connectivity index (χ0) is 8.15. The van der Waals surface area contributed by atoms with Crippen molar-refractivity contribution < 1.29 is 9.53 Å².